The van der Waals surface area contributed by atoms with Gasteiger partial charge in [-0.2, -0.15) is 0 Å². The van der Waals surface area contributed by atoms with Gasteiger partial charge in [-0.3, -0.25) is 4.98 Å². The van der Waals surface area contributed by atoms with Crippen molar-refractivity contribution in [2.75, 3.05) is 0 Å². The third-order valence-corrected chi connectivity index (χ3v) is 2.91. The lowest BCUT2D eigenvalue weighted by molar-refractivity contribution is 0.0172. The zero-order valence-electron chi connectivity index (χ0n) is 8.83. The molecule has 0 spiro atoms. The van der Waals surface area contributed by atoms with Gasteiger partial charge in [0, 0.05) is 17.5 Å². The lowest BCUT2D eigenvalue weighted by Gasteiger charge is -2.25. The molecule has 2 heteroatoms. The quantitative estimate of drug-likeness (QED) is 0.777. The zero-order valence-corrected chi connectivity index (χ0v) is 8.83. The van der Waals surface area contributed by atoms with Crippen molar-refractivity contribution in [2.45, 2.75) is 38.7 Å². The molecule has 0 saturated heterocycles. The topological polar surface area (TPSA) is 33.1 Å². The Labute approximate surface area is 85.0 Å². The fourth-order valence-corrected chi connectivity index (χ4v) is 2.41. The van der Waals surface area contributed by atoms with Crippen molar-refractivity contribution in [3.8, 4) is 0 Å². The van der Waals surface area contributed by atoms with E-state index in [2.05, 4.69) is 18.8 Å². The summed E-state index contributed by atoms with van der Waals surface area (Å²) in [6, 6.07) is 3.92. The van der Waals surface area contributed by atoms with Crippen molar-refractivity contribution in [3.05, 3.63) is 29.6 Å². The van der Waals surface area contributed by atoms with E-state index in [1.807, 2.05) is 12.1 Å². The Kier molecular flexibility index (Phi) is 2.31. The van der Waals surface area contributed by atoms with Gasteiger partial charge in [-0.15, -0.1) is 0 Å². The average Bonchev–Trinajstić information content (AvgIpc) is 2.44. The number of fused-ring (bicyclic) bond motifs is 1. The van der Waals surface area contributed by atoms with Crippen LogP contribution in [-0.2, 0) is 12.0 Å². The molecule has 14 heavy (non-hydrogen) atoms. The minimum absolute atomic E-state index is 0.520. The molecule has 0 fully saturated rings. The Morgan fingerprint density at radius 3 is 3.07 bits per heavy atom. The highest BCUT2D eigenvalue weighted by Gasteiger charge is 2.37. The lowest BCUT2D eigenvalue weighted by atomic mass is 9.88. The van der Waals surface area contributed by atoms with E-state index in [1.54, 1.807) is 6.20 Å². The third-order valence-electron chi connectivity index (χ3n) is 2.91. The molecule has 2 rings (SSSR count). The molecular formula is C12H17NO. The summed E-state index contributed by atoms with van der Waals surface area (Å²) in [5.41, 5.74) is 1.52. The van der Waals surface area contributed by atoms with Gasteiger partial charge in [0.05, 0.1) is 5.60 Å². The van der Waals surface area contributed by atoms with E-state index in [4.69, 9.17) is 0 Å². The van der Waals surface area contributed by atoms with Gasteiger partial charge in [0.15, 0.2) is 0 Å². The van der Waals surface area contributed by atoms with Gasteiger partial charge in [-0.25, -0.2) is 0 Å². The van der Waals surface area contributed by atoms with E-state index in [-0.39, 0.29) is 0 Å². The maximum atomic E-state index is 10.5. The predicted octanol–water partition coefficient (Wildman–Crippen LogP) is 2.26. The summed E-state index contributed by atoms with van der Waals surface area (Å²) < 4.78 is 0. The first-order valence-corrected chi connectivity index (χ1v) is 5.28. The second-order valence-corrected chi connectivity index (χ2v) is 4.63. The van der Waals surface area contributed by atoms with Gasteiger partial charge < -0.3 is 5.11 Å². The first-order valence-electron chi connectivity index (χ1n) is 5.28. The fraction of sp³-hybridized carbons (Fsp3) is 0.583. The molecule has 1 aliphatic carbocycles. The molecule has 0 aromatic carbocycles. The summed E-state index contributed by atoms with van der Waals surface area (Å²) in [6.45, 7) is 4.29. The SMILES string of the molecule is CC(C)CC1(O)CCc2ncccc21. The molecule has 1 unspecified atom stereocenters. The first kappa shape index (κ1) is 9.66. The zero-order chi connectivity index (χ0) is 10.2. The molecule has 1 aromatic rings. The smallest absolute Gasteiger partial charge is 0.0920 e. The molecular weight excluding hydrogens is 174 g/mol. The van der Waals surface area contributed by atoms with Crippen LogP contribution in [-0.4, -0.2) is 10.1 Å². The van der Waals surface area contributed by atoms with Crippen LogP contribution in [0.5, 0.6) is 0 Å². The van der Waals surface area contributed by atoms with Crippen LogP contribution in [0.2, 0.25) is 0 Å². The average molecular weight is 191 g/mol. The van der Waals surface area contributed by atoms with E-state index in [0.29, 0.717) is 5.92 Å². The number of aryl methyl sites for hydroxylation is 1. The highest BCUT2D eigenvalue weighted by molar-refractivity contribution is 5.31. The first-order chi connectivity index (χ1) is 6.62. The summed E-state index contributed by atoms with van der Waals surface area (Å²) in [5.74, 6) is 0.520. The van der Waals surface area contributed by atoms with Crippen LogP contribution in [0.15, 0.2) is 18.3 Å². The summed E-state index contributed by atoms with van der Waals surface area (Å²) in [7, 11) is 0. The molecule has 0 aliphatic heterocycles. The number of hydrogen-bond donors (Lipinski definition) is 1. The van der Waals surface area contributed by atoms with Crippen LogP contribution >= 0.6 is 0 Å². The van der Waals surface area contributed by atoms with Crippen molar-refractivity contribution in [1.29, 1.82) is 0 Å². The van der Waals surface area contributed by atoms with Gasteiger partial charge in [0.1, 0.15) is 0 Å². The maximum Gasteiger partial charge on any atom is 0.0920 e. The monoisotopic (exact) mass is 191 g/mol. The maximum absolute atomic E-state index is 10.5. The van der Waals surface area contributed by atoms with Gasteiger partial charge in [0.25, 0.3) is 0 Å². The van der Waals surface area contributed by atoms with Crippen LogP contribution in [0.1, 0.15) is 37.9 Å². The number of aromatic nitrogens is 1. The number of rotatable bonds is 2. The highest BCUT2D eigenvalue weighted by Crippen LogP contribution is 2.39. The van der Waals surface area contributed by atoms with E-state index < -0.39 is 5.60 Å². The molecule has 0 radical (unpaired) electrons. The van der Waals surface area contributed by atoms with Crippen LogP contribution < -0.4 is 0 Å². The number of pyridine rings is 1. The third kappa shape index (κ3) is 1.55. The van der Waals surface area contributed by atoms with Gasteiger partial charge >= 0.3 is 0 Å². The standard InChI is InChI=1S/C12H17NO/c1-9(2)8-12(14)6-5-11-10(12)4-3-7-13-11/h3-4,7,9,14H,5-6,8H2,1-2H3. The number of hydrogen-bond acceptors (Lipinski definition) is 2. The molecule has 0 bridgehead atoms. The minimum atomic E-state index is -0.613. The molecule has 1 heterocycles. The van der Waals surface area contributed by atoms with Crippen molar-refractivity contribution >= 4 is 0 Å². The molecule has 0 saturated carbocycles. The molecule has 2 nitrogen and oxygen atoms in total. The van der Waals surface area contributed by atoms with E-state index in [1.165, 1.54) is 0 Å². The summed E-state index contributed by atoms with van der Waals surface area (Å²) in [4.78, 5) is 4.30. The molecule has 76 valence electrons. The molecule has 1 atom stereocenters. The normalized spacial score (nSPS) is 25.4. The number of nitrogens with zero attached hydrogens (tertiary/aromatic N) is 1. The Bertz CT molecular complexity index is 335. The highest BCUT2D eigenvalue weighted by atomic mass is 16.3. The summed E-state index contributed by atoms with van der Waals surface area (Å²) >= 11 is 0. The van der Waals surface area contributed by atoms with Crippen LogP contribution in [0.25, 0.3) is 0 Å². The predicted molar refractivity (Wildman–Crippen MR) is 55.9 cm³/mol. The lowest BCUT2D eigenvalue weighted by Crippen LogP contribution is -2.24. The number of aliphatic hydroxyl groups is 1. The second-order valence-electron chi connectivity index (χ2n) is 4.63. The van der Waals surface area contributed by atoms with Crippen molar-refractivity contribution in [3.63, 3.8) is 0 Å². The van der Waals surface area contributed by atoms with E-state index >= 15 is 0 Å². The van der Waals surface area contributed by atoms with Gasteiger partial charge in [-0.05, 0) is 31.2 Å². The van der Waals surface area contributed by atoms with Crippen molar-refractivity contribution in [2.24, 2.45) is 5.92 Å². The van der Waals surface area contributed by atoms with E-state index in [9.17, 15) is 5.11 Å². The fourth-order valence-electron chi connectivity index (χ4n) is 2.41. The molecule has 1 N–H and O–H groups in total. The molecule has 0 amide bonds. The van der Waals surface area contributed by atoms with Gasteiger partial charge in [0.2, 0.25) is 0 Å². The summed E-state index contributed by atoms with van der Waals surface area (Å²) in [6.07, 6.45) is 4.39. The Morgan fingerprint density at radius 1 is 1.57 bits per heavy atom. The molecule has 1 aromatic heterocycles. The second kappa shape index (κ2) is 3.35. The molecule has 1 aliphatic rings. The Hall–Kier alpha value is -0.890. The largest absolute Gasteiger partial charge is 0.385 e. The van der Waals surface area contributed by atoms with Crippen LogP contribution in [0.4, 0.5) is 0 Å². The summed E-state index contributed by atoms with van der Waals surface area (Å²) in [5, 5.41) is 10.5. The van der Waals surface area contributed by atoms with Crippen molar-refractivity contribution in [1.82, 2.24) is 4.98 Å². The minimum Gasteiger partial charge on any atom is -0.385 e. The van der Waals surface area contributed by atoms with E-state index in [0.717, 1.165) is 30.5 Å². The van der Waals surface area contributed by atoms with Gasteiger partial charge in [-0.1, -0.05) is 19.9 Å². The van der Waals surface area contributed by atoms with Crippen LogP contribution in [0.3, 0.4) is 0 Å². The van der Waals surface area contributed by atoms with Crippen molar-refractivity contribution < 1.29 is 5.11 Å². The Morgan fingerprint density at radius 2 is 2.36 bits per heavy atom. The Balaban J connectivity index is 2.32. The van der Waals surface area contributed by atoms with Crippen LogP contribution in [0, 0.1) is 5.92 Å².